The summed E-state index contributed by atoms with van der Waals surface area (Å²) >= 11 is 0. The number of hydrogen-bond acceptors (Lipinski definition) is 2. The van der Waals surface area contributed by atoms with Gasteiger partial charge in [-0.25, -0.2) is 0 Å². The Bertz CT molecular complexity index is 75.0. The second-order valence-electron chi connectivity index (χ2n) is 2.80. The highest BCUT2D eigenvalue weighted by Gasteiger charge is 2.09. The first-order chi connectivity index (χ1) is 4.29. The van der Waals surface area contributed by atoms with Crippen LogP contribution in [0, 0.1) is 0 Å². The van der Waals surface area contributed by atoms with Crippen molar-refractivity contribution in [1.29, 1.82) is 0 Å². The van der Waals surface area contributed by atoms with Crippen molar-refractivity contribution in [1.82, 2.24) is 4.90 Å². The molecule has 1 aliphatic rings. The first-order valence-corrected chi connectivity index (χ1v) is 3.59. The predicted octanol–water partition coefficient (Wildman–Crippen LogP) is 0.727. The van der Waals surface area contributed by atoms with Crippen molar-refractivity contribution in [2.45, 2.75) is 19.4 Å². The molecule has 0 aromatic carbocycles. The maximum atomic E-state index is 5.43. The lowest BCUT2D eigenvalue weighted by Crippen LogP contribution is -2.25. The SMILES string of the molecule is CC1CN(C)CCCO1. The van der Waals surface area contributed by atoms with Crippen LogP contribution < -0.4 is 0 Å². The largest absolute Gasteiger partial charge is 0.377 e. The molecule has 1 heterocycles. The number of nitrogens with zero attached hydrogens (tertiary/aromatic N) is 1. The zero-order chi connectivity index (χ0) is 6.69. The van der Waals surface area contributed by atoms with Crippen molar-refractivity contribution in [3.05, 3.63) is 0 Å². The van der Waals surface area contributed by atoms with Gasteiger partial charge in [0.15, 0.2) is 0 Å². The fourth-order valence-electron chi connectivity index (χ4n) is 1.20. The van der Waals surface area contributed by atoms with Crippen molar-refractivity contribution in [2.75, 3.05) is 26.7 Å². The Kier molecular flexibility index (Phi) is 2.49. The van der Waals surface area contributed by atoms with Crippen molar-refractivity contribution < 1.29 is 4.74 Å². The van der Waals surface area contributed by atoms with Gasteiger partial charge in [0.25, 0.3) is 0 Å². The van der Waals surface area contributed by atoms with Gasteiger partial charge in [-0.15, -0.1) is 0 Å². The molecule has 2 heteroatoms. The van der Waals surface area contributed by atoms with E-state index in [0.29, 0.717) is 6.10 Å². The number of rotatable bonds is 0. The number of ether oxygens (including phenoxy) is 1. The minimum atomic E-state index is 0.428. The molecule has 0 aliphatic carbocycles. The standard InChI is InChI=1S/C7H15NO/c1-7-6-8(2)4-3-5-9-7/h7H,3-6H2,1-2H3. The van der Waals surface area contributed by atoms with Gasteiger partial charge in [-0.1, -0.05) is 0 Å². The lowest BCUT2D eigenvalue weighted by Gasteiger charge is -2.14. The van der Waals surface area contributed by atoms with Gasteiger partial charge < -0.3 is 9.64 Å². The summed E-state index contributed by atoms with van der Waals surface area (Å²) in [5.41, 5.74) is 0. The van der Waals surface area contributed by atoms with Crippen LogP contribution >= 0.6 is 0 Å². The Labute approximate surface area is 56.8 Å². The molecule has 1 unspecified atom stereocenters. The zero-order valence-corrected chi connectivity index (χ0v) is 6.26. The molecule has 0 spiro atoms. The quantitative estimate of drug-likeness (QED) is 0.478. The third-order valence-electron chi connectivity index (χ3n) is 1.66. The molecule has 0 saturated carbocycles. The molecule has 1 saturated heterocycles. The van der Waals surface area contributed by atoms with Crippen LogP contribution in [-0.2, 0) is 4.74 Å². The highest BCUT2D eigenvalue weighted by atomic mass is 16.5. The molecular weight excluding hydrogens is 114 g/mol. The molecule has 0 amide bonds. The summed E-state index contributed by atoms with van der Waals surface area (Å²) in [6, 6.07) is 0. The van der Waals surface area contributed by atoms with Crippen LogP contribution in [0.1, 0.15) is 13.3 Å². The summed E-state index contributed by atoms with van der Waals surface area (Å²) in [4.78, 5) is 2.32. The third kappa shape index (κ3) is 2.33. The average molecular weight is 129 g/mol. The van der Waals surface area contributed by atoms with E-state index in [4.69, 9.17) is 4.74 Å². The first-order valence-electron chi connectivity index (χ1n) is 3.59. The van der Waals surface area contributed by atoms with Gasteiger partial charge in [0, 0.05) is 19.7 Å². The highest BCUT2D eigenvalue weighted by Crippen LogP contribution is 2.01. The van der Waals surface area contributed by atoms with Crippen LogP contribution in [0.15, 0.2) is 0 Å². The second kappa shape index (κ2) is 3.18. The molecule has 0 aromatic rings. The van der Waals surface area contributed by atoms with E-state index in [0.717, 1.165) is 13.2 Å². The zero-order valence-electron chi connectivity index (χ0n) is 6.26. The van der Waals surface area contributed by atoms with Crippen LogP contribution in [0.25, 0.3) is 0 Å². The molecule has 1 rings (SSSR count). The third-order valence-corrected chi connectivity index (χ3v) is 1.66. The summed E-state index contributed by atoms with van der Waals surface area (Å²) in [5.74, 6) is 0. The van der Waals surface area contributed by atoms with Gasteiger partial charge in [-0.3, -0.25) is 0 Å². The molecule has 0 N–H and O–H groups in total. The minimum Gasteiger partial charge on any atom is -0.377 e. The van der Waals surface area contributed by atoms with E-state index in [1.54, 1.807) is 0 Å². The maximum Gasteiger partial charge on any atom is 0.0673 e. The molecule has 1 fully saturated rings. The summed E-state index contributed by atoms with van der Waals surface area (Å²) in [6.07, 6.45) is 1.61. The van der Waals surface area contributed by atoms with E-state index in [-0.39, 0.29) is 0 Å². The molecule has 0 bridgehead atoms. The Hall–Kier alpha value is -0.0800. The molecule has 2 nitrogen and oxygen atoms in total. The monoisotopic (exact) mass is 129 g/mol. The average Bonchev–Trinajstić information content (AvgIpc) is 1.93. The van der Waals surface area contributed by atoms with Crippen molar-refractivity contribution in [2.24, 2.45) is 0 Å². The molecule has 0 aromatic heterocycles. The molecule has 1 aliphatic heterocycles. The number of likely N-dealkylation sites (N-methyl/N-ethyl adjacent to an activating group) is 1. The first kappa shape index (κ1) is 7.03. The Balaban J connectivity index is 2.29. The Morgan fingerprint density at radius 3 is 3.11 bits per heavy atom. The molecular formula is C7H15NO. The summed E-state index contributed by atoms with van der Waals surface area (Å²) in [6.45, 7) is 5.33. The lowest BCUT2D eigenvalue weighted by molar-refractivity contribution is 0.0709. The minimum absolute atomic E-state index is 0.428. The topological polar surface area (TPSA) is 12.5 Å². The van der Waals surface area contributed by atoms with Crippen LogP contribution in [-0.4, -0.2) is 37.7 Å². The second-order valence-corrected chi connectivity index (χ2v) is 2.80. The Morgan fingerprint density at radius 2 is 2.33 bits per heavy atom. The van der Waals surface area contributed by atoms with Gasteiger partial charge >= 0.3 is 0 Å². The molecule has 9 heavy (non-hydrogen) atoms. The molecule has 54 valence electrons. The van der Waals surface area contributed by atoms with E-state index in [1.165, 1.54) is 13.0 Å². The van der Waals surface area contributed by atoms with Gasteiger partial charge in [-0.2, -0.15) is 0 Å². The Morgan fingerprint density at radius 1 is 1.56 bits per heavy atom. The van der Waals surface area contributed by atoms with E-state index in [2.05, 4.69) is 18.9 Å². The fraction of sp³-hybridized carbons (Fsp3) is 1.00. The normalized spacial score (nSPS) is 32.0. The van der Waals surface area contributed by atoms with E-state index >= 15 is 0 Å². The van der Waals surface area contributed by atoms with Crippen molar-refractivity contribution in [3.8, 4) is 0 Å². The van der Waals surface area contributed by atoms with Crippen molar-refractivity contribution in [3.63, 3.8) is 0 Å². The van der Waals surface area contributed by atoms with E-state index < -0.39 is 0 Å². The molecule has 1 atom stereocenters. The van der Waals surface area contributed by atoms with E-state index in [1.807, 2.05) is 0 Å². The fourth-order valence-corrected chi connectivity index (χ4v) is 1.20. The smallest absolute Gasteiger partial charge is 0.0673 e. The maximum absolute atomic E-state index is 5.43. The van der Waals surface area contributed by atoms with Crippen LogP contribution in [0.4, 0.5) is 0 Å². The van der Waals surface area contributed by atoms with Crippen LogP contribution in [0.2, 0.25) is 0 Å². The lowest BCUT2D eigenvalue weighted by atomic mass is 10.4. The van der Waals surface area contributed by atoms with E-state index in [9.17, 15) is 0 Å². The van der Waals surface area contributed by atoms with Gasteiger partial charge in [0.05, 0.1) is 6.10 Å². The molecule has 0 radical (unpaired) electrons. The predicted molar refractivity (Wildman–Crippen MR) is 37.5 cm³/mol. The van der Waals surface area contributed by atoms with Crippen LogP contribution in [0.5, 0.6) is 0 Å². The highest BCUT2D eigenvalue weighted by molar-refractivity contribution is 4.61. The van der Waals surface area contributed by atoms with Crippen LogP contribution in [0.3, 0.4) is 0 Å². The summed E-state index contributed by atoms with van der Waals surface area (Å²) in [7, 11) is 2.14. The summed E-state index contributed by atoms with van der Waals surface area (Å²) < 4.78 is 5.43. The number of hydrogen-bond donors (Lipinski definition) is 0. The van der Waals surface area contributed by atoms with Gasteiger partial charge in [0.2, 0.25) is 0 Å². The van der Waals surface area contributed by atoms with Gasteiger partial charge in [0.1, 0.15) is 0 Å². The summed E-state index contributed by atoms with van der Waals surface area (Å²) in [5, 5.41) is 0. The van der Waals surface area contributed by atoms with Gasteiger partial charge in [-0.05, 0) is 20.4 Å². The van der Waals surface area contributed by atoms with Crippen molar-refractivity contribution >= 4 is 0 Å².